The molecule has 0 fully saturated rings. The Morgan fingerprint density at radius 2 is 1.93 bits per heavy atom. The first-order valence-electron chi connectivity index (χ1n) is 10.2. The molecule has 0 heterocycles. The van der Waals surface area contributed by atoms with E-state index in [-0.39, 0.29) is 24.7 Å². The summed E-state index contributed by atoms with van der Waals surface area (Å²) in [4.78, 5) is 24.3. The lowest BCUT2D eigenvalue weighted by atomic mass is 9.93. The second-order valence-corrected chi connectivity index (χ2v) is 7.59. The van der Waals surface area contributed by atoms with Gasteiger partial charge in [-0.2, -0.15) is 0 Å². The number of hydrogen-bond acceptors (Lipinski definition) is 5. The van der Waals surface area contributed by atoms with Crippen molar-refractivity contribution in [3.05, 3.63) is 36.4 Å². The summed E-state index contributed by atoms with van der Waals surface area (Å²) < 4.78 is 5.69. The van der Waals surface area contributed by atoms with Gasteiger partial charge in [0.05, 0.1) is 6.10 Å². The van der Waals surface area contributed by atoms with Crippen molar-refractivity contribution >= 4 is 17.4 Å². The maximum Gasteiger partial charge on any atom is 0.303 e. The Labute approximate surface area is 174 Å². The zero-order chi connectivity index (χ0) is 21.6. The van der Waals surface area contributed by atoms with Crippen molar-refractivity contribution in [2.24, 2.45) is 5.92 Å². The summed E-state index contributed by atoms with van der Waals surface area (Å²) in [5.74, 6) is 0.0277. The third-order valence-corrected chi connectivity index (χ3v) is 4.79. The number of aliphatic carboxylic acids is 1. The number of hydrogen-bond donors (Lipinski definition) is 2. The molecule has 6 heteroatoms. The molecule has 0 aliphatic carbocycles. The number of carbonyl (C=O) groups excluding carboxylic acids is 1. The molecule has 6 nitrogen and oxygen atoms in total. The maximum absolute atomic E-state index is 11.8. The topological polar surface area (TPSA) is 87.1 Å². The van der Waals surface area contributed by atoms with Crippen LogP contribution in [-0.2, 0) is 9.59 Å². The van der Waals surface area contributed by atoms with Crippen LogP contribution in [0.1, 0.15) is 51.9 Å². The summed E-state index contributed by atoms with van der Waals surface area (Å²) in [5, 5.41) is 18.8. The van der Waals surface area contributed by atoms with Gasteiger partial charge in [-0.25, -0.2) is 0 Å². The molecule has 0 aromatic heterocycles. The number of benzene rings is 1. The van der Waals surface area contributed by atoms with Gasteiger partial charge in [-0.1, -0.05) is 24.6 Å². The molecule has 1 rings (SSSR count). The zero-order valence-corrected chi connectivity index (χ0v) is 17.8. The second kappa shape index (κ2) is 13.8. The highest BCUT2D eigenvalue weighted by Gasteiger charge is 2.14. The number of ketones is 1. The highest BCUT2D eigenvalue weighted by molar-refractivity contribution is 5.78. The van der Waals surface area contributed by atoms with Crippen LogP contribution in [0.4, 0.5) is 5.69 Å². The first-order chi connectivity index (χ1) is 13.8. The molecule has 1 aromatic rings. The van der Waals surface area contributed by atoms with Crippen molar-refractivity contribution in [3.8, 4) is 5.75 Å². The lowest BCUT2D eigenvalue weighted by Crippen LogP contribution is -2.19. The molecular weight excluding hydrogens is 370 g/mol. The molecule has 0 amide bonds. The van der Waals surface area contributed by atoms with E-state index in [1.807, 2.05) is 55.4 Å². The number of nitrogens with zero attached hydrogens (tertiary/aromatic N) is 1. The number of carboxylic acids is 1. The Bertz CT molecular complexity index is 656. The van der Waals surface area contributed by atoms with Crippen molar-refractivity contribution in [3.63, 3.8) is 0 Å². The zero-order valence-electron chi connectivity index (χ0n) is 17.8. The fourth-order valence-corrected chi connectivity index (χ4v) is 2.96. The van der Waals surface area contributed by atoms with Gasteiger partial charge in [-0.05, 0) is 51.2 Å². The van der Waals surface area contributed by atoms with Gasteiger partial charge >= 0.3 is 5.97 Å². The van der Waals surface area contributed by atoms with Crippen LogP contribution in [0.15, 0.2) is 36.4 Å². The summed E-state index contributed by atoms with van der Waals surface area (Å²) in [6, 6.07) is 7.71. The van der Waals surface area contributed by atoms with Gasteiger partial charge in [0, 0.05) is 38.2 Å². The Kier molecular flexibility index (Phi) is 11.7. The number of ether oxygens (including phenoxy) is 1. The molecule has 0 aliphatic heterocycles. The normalized spacial score (nSPS) is 13.2. The maximum atomic E-state index is 11.8. The Morgan fingerprint density at radius 1 is 1.17 bits per heavy atom. The third-order valence-electron chi connectivity index (χ3n) is 4.79. The molecule has 29 heavy (non-hydrogen) atoms. The average Bonchev–Trinajstić information content (AvgIpc) is 2.67. The molecule has 0 bridgehead atoms. The van der Waals surface area contributed by atoms with E-state index in [9.17, 15) is 14.7 Å². The third kappa shape index (κ3) is 11.3. The number of carboxylic acid groups (broad SMARTS) is 1. The SMILES string of the molecule is CC(=O)C(C/C=C\CCCC(=O)O)CCCC(O)COc1cccc(N(C)C)c1. The van der Waals surface area contributed by atoms with Gasteiger partial charge in [-0.15, -0.1) is 0 Å². The smallest absolute Gasteiger partial charge is 0.303 e. The lowest BCUT2D eigenvalue weighted by molar-refractivity contribution is -0.137. The minimum Gasteiger partial charge on any atom is -0.491 e. The van der Waals surface area contributed by atoms with Gasteiger partial charge in [0.1, 0.15) is 18.1 Å². The molecule has 2 atom stereocenters. The van der Waals surface area contributed by atoms with E-state index in [0.717, 1.165) is 24.3 Å². The number of anilines is 1. The Hall–Kier alpha value is -2.34. The van der Waals surface area contributed by atoms with Gasteiger partial charge in [0.15, 0.2) is 0 Å². The highest BCUT2D eigenvalue weighted by atomic mass is 16.5. The molecule has 1 aromatic carbocycles. The summed E-state index contributed by atoms with van der Waals surface area (Å²) in [7, 11) is 3.93. The number of unbranched alkanes of at least 4 members (excludes halogenated alkanes) is 1. The van der Waals surface area contributed by atoms with E-state index in [1.54, 1.807) is 6.92 Å². The summed E-state index contributed by atoms with van der Waals surface area (Å²) in [5.41, 5.74) is 1.04. The molecule has 162 valence electrons. The van der Waals surface area contributed by atoms with Crippen molar-refractivity contribution < 1.29 is 24.5 Å². The van der Waals surface area contributed by atoms with E-state index in [4.69, 9.17) is 9.84 Å². The first kappa shape index (κ1) is 24.7. The van der Waals surface area contributed by atoms with E-state index in [0.29, 0.717) is 25.7 Å². The van der Waals surface area contributed by atoms with E-state index in [2.05, 4.69) is 0 Å². The van der Waals surface area contributed by atoms with E-state index in [1.165, 1.54) is 0 Å². The standard InChI is InChI=1S/C23H35NO5/c1-18(25)19(10-6-4-5-7-15-23(27)28)11-8-13-21(26)17-29-22-14-9-12-20(16-22)24(2)3/h4,6,9,12,14,16,19,21,26H,5,7-8,10-11,13,15,17H2,1-3H3,(H,27,28)/b6-4-. The second-order valence-electron chi connectivity index (χ2n) is 7.59. The molecular formula is C23H35NO5. The summed E-state index contributed by atoms with van der Waals surface area (Å²) in [6.07, 6.45) is 7.54. The van der Waals surface area contributed by atoms with Gasteiger partial charge in [0.25, 0.3) is 0 Å². The predicted molar refractivity (Wildman–Crippen MR) is 116 cm³/mol. The van der Waals surface area contributed by atoms with Crippen LogP contribution < -0.4 is 9.64 Å². The van der Waals surface area contributed by atoms with Gasteiger partial charge < -0.3 is 19.8 Å². The number of allylic oxidation sites excluding steroid dienone is 2. The van der Waals surface area contributed by atoms with Crippen molar-refractivity contribution in [1.29, 1.82) is 0 Å². The average molecular weight is 406 g/mol. The summed E-state index contributed by atoms with van der Waals surface area (Å²) >= 11 is 0. The quantitative estimate of drug-likeness (QED) is 0.338. The molecule has 2 N–H and O–H groups in total. The largest absolute Gasteiger partial charge is 0.491 e. The molecule has 0 saturated carbocycles. The Balaban J connectivity index is 2.29. The van der Waals surface area contributed by atoms with Crippen LogP contribution in [0.2, 0.25) is 0 Å². The van der Waals surface area contributed by atoms with Crippen LogP contribution in [0.3, 0.4) is 0 Å². The van der Waals surface area contributed by atoms with Crippen LogP contribution in [0.5, 0.6) is 5.75 Å². The van der Waals surface area contributed by atoms with E-state index >= 15 is 0 Å². The molecule has 0 aliphatic rings. The van der Waals surface area contributed by atoms with Crippen LogP contribution in [0, 0.1) is 5.92 Å². The molecule has 0 saturated heterocycles. The van der Waals surface area contributed by atoms with Gasteiger partial charge in [0.2, 0.25) is 0 Å². The predicted octanol–water partition coefficient (Wildman–Crippen LogP) is 4.07. The van der Waals surface area contributed by atoms with E-state index < -0.39 is 12.1 Å². The number of aliphatic hydroxyl groups excluding tert-OH is 1. The van der Waals surface area contributed by atoms with Crippen LogP contribution >= 0.6 is 0 Å². The van der Waals surface area contributed by atoms with Crippen molar-refractivity contribution in [2.75, 3.05) is 25.6 Å². The fraction of sp³-hybridized carbons (Fsp3) is 0.565. The van der Waals surface area contributed by atoms with Crippen LogP contribution in [0.25, 0.3) is 0 Å². The first-order valence-corrected chi connectivity index (χ1v) is 10.2. The molecule has 0 spiro atoms. The molecule has 2 unspecified atom stereocenters. The van der Waals surface area contributed by atoms with Gasteiger partial charge in [-0.3, -0.25) is 9.59 Å². The fourth-order valence-electron chi connectivity index (χ4n) is 2.96. The summed E-state index contributed by atoms with van der Waals surface area (Å²) in [6.45, 7) is 1.82. The molecule has 0 radical (unpaired) electrons. The Morgan fingerprint density at radius 3 is 2.59 bits per heavy atom. The highest BCUT2D eigenvalue weighted by Crippen LogP contribution is 2.20. The number of Topliss-reactive ketones (excluding diaryl/α,β-unsaturated/α-hetero) is 1. The minimum absolute atomic E-state index is 0.0596. The lowest BCUT2D eigenvalue weighted by Gasteiger charge is -2.16. The van der Waals surface area contributed by atoms with Crippen molar-refractivity contribution in [2.45, 2.75) is 58.0 Å². The number of rotatable bonds is 15. The number of aliphatic hydroxyl groups is 1. The number of carbonyl (C=O) groups is 2. The minimum atomic E-state index is -0.784. The van der Waals surface area contributed by atoms with Crippen LogP contribution in [-0.4, -0.2) is 48.8 Å². The van der Waals surface area contributed by atoms with Crippen molar-refractivity contribution in [1.82, 2.24) is 0 Å². The monoisotopic (exact) mass is 405 g/mol.